The van der Waals surface area contributed by atoms with Gasteiger partial charge in [0.25, 0.3) is 0 Å². The van der Waals surface area contributed by atoms with Crippen LogP contribution in [0.2, 0.25) is 0 Å². The molecule has 0 nitrogen and oxygen atoms in total. The van der Waals surface area contributed by atoms with E-state index in [1.165, 1.54) is 0 Å². The SMILES string of the molecule is [CH2-]C[CH2-].[W].[W]. The zero-order valence-electron chi connectivity index (χ0n) is 2.94. The Labute approximate surface area is 62.2 Å². The quantitative estimate of drug-likeness (QED) is 0.525. The van der Waals surface area contributed by atoms with Crippen molar-refractivity contribution >= 4 is 0 Å². The van der Waals surface area contributed by atoms with E-state index in [-0.39, 0.29) is 42.1 Å². The predicted molar refractivity (Wildman–Crippen MR) is 15.3 cm³/mol. The molecule has 0 saturated carbocycles. The summed E-state index contributed by atoms with van der Waals surface area (Å²) in [5, 5.41) is 0. The second kappa shape index (κ2) is 18.2. The van der Waals surface area contributed by atoms with Crippen molar-refractivity contribution in [3.05, 3.63) is 13.8 Å². The molecule has 0 aromatic carbocycles. The van der Waals surface area contributed by atoms with Crippen LogP contribution in [0.4, 0.5) is 0 Å². The average Bonchev–Trinajstić information content (AvgIpc) is 0.918. The van der Waals surface area contributed by atoms with E-state index in [9.17, 15) is 0 Å². The van der Waals surface area contributed by atoms with Gasteiger partial charge in [-0.05, 0) is 0 Å². The maximum Gasteiger partial charge on any atom is 0 e. The van der Waals surface area contributed by atoms with E-state index < -0.39 is 0 Å². The fourth-order valence-corrected chi connectivity index (χ4v) is 0. The fourth-order valence-electron chi connectivity index (χ4n) is 0. The molecule has 0 amide bonds. The third-order valence-electron chi connectivity index (χ3n) is 0. The summed E-state index contributed by atoms with van der Waals surface area (Å²) in [7, 11) is 0. The van der Waals surface area contributed by atoms with Gasteiger partial charge < -0.3 is 20.3 Å². The number of rotatable bonds is 0. The van der Waals surface area contributed by atoms with Crippen molar-refractivity contribution in [3.63, 3.8) is 0 Å². The number of hydrogen-bond acceptors (Lipinski definition) is 0. The van der Waals surface area contributed by atoms with Gasteiger partial charge in [0.1, 0.15) is 0 Å². The molecule has 0 aromatic heterocycles. The van der Waals surface area contributed by atoms with Crippen molar-refractivity contribution in [2.24, 2.45) is 0 Å². The van der Waals surface area contributed by atoms with Gasteiger partial charge in [-0.25, -0.2) is 0 Å². The molecule has 0 rings (SSSR count). The molecule has 0 spiro atoms. The van der Waals surface area contributed by atoms with Gasteiger partial charge in [0, 0.05) is 42.1 Å². The largest absolute Gasteiger partial charge is 0.372 e. The zero-order chi connectivity index (χ0) is 2.71. The van der Waals surface area contributed by atoms with Crippen molar-refractivity contribution < 1.29 is 42.1 Å². The predicted octanol–water partition coefficient (Wildman–Crippen LogP) is 1.04. The van der Waals surface area contributed by atoms with Crippen molar-refractivity contribution in [1.29, 1.82) is 0 Å². The van der Waals surface area contributed by atoms with Crippen LogP contribution in [0, 0.1) is 13.8 Å². The van der Waals surface area contributed by atoms with E-state index in [0.717, 1.165) is 6.42 Å². The summed E-state index contributed by atoms with van der Waals surface area (Å²) in [5.74, 6) is 0. The minimum atomic E-state index is 0. The Morgan fingerprint density at radius 1 is 1.00 bits per heavy atom. The van der Waals surface area contributed by atoms with Gasteiger partial charge >= 0.3 is 0 Å². The smallest absolute Gasteiger partial charge is 0 e. The van der Waals surface area contributed by atoms with E-state index in [4.69, 9.17) is 0 Å². The van der Waals surface area contributed by atoms with Gasteiger partial charge in [-0.3, -0.25) is 0 Å². The van der Waals surface area contributed by atoms with Crippen LogP contribution in [-0.2, 0) is 42.1 Å². The number of hydrogen-bond donors (Lipinski definition) is 0. The van der Waals surface area contributed by atoms with Crippen LogP contribution in [0.3, 0.4) is 0 Å². The topological polar surface area (TPSA) is 0 Å². The summed E-state index contributed by atoms with van der Waals surface area (Å²) >= 11 is 0. The molecule has 0 aliphatic heterocycles. The van der Waals surface area contributed by atoms with Gasteiger partial charge in [-0.1, -0.05) is 0 Å². The molecule has 0 radical (unpaired) electrons. The maximum absolute atomic E-state index is 3.38. The first-order chi connectivity index (χ1) is 1.41. The molecule has 0 bridgehead atoms. The molecule has 32 valence electrons. The minimum absolute atomic E-state index is 0. The Hall–Kier alpha value is 1.38. The van der Waals surface area contributed by atoms with Gasteiger partial charge in [-0.2, -0.15) is 0 Å². The van der Waals surface area contributed by atoms with Crippen LogP contribution in [0.1, 0.15) is 6.42 Å². The normalized spacial score (nSPS) is 3.60. The van der Waals surface area contributed by atoms with E-state index in [1.807, 2.05) is 0 Å². The van der Waals surface area contributed by atoms with Gasteiger partial charge in [0.2, 0.25) is 0 Å². The second-order valence-electron chi connectivity index (χ2n) is 0.354. The first-order valence-corrected chi connectivity index (χ1v) is 1.000. The summed E-state index contributed by atoms with van der Waals surface area (Å²) in [4.78, 5) is 0. The van der Waals surface area contributed by atoms with Crippen LogP contribution in [0.5, 0.6) is 0 Å². The van der Waals surface area contributed by atoms with Crippen molar-refractivity contribution in [3.8, 4) is 0 Å². The van der Waals surface area contributed by atoms with Gasteiger partial charge in [-0.15, -0.1) is 0 Å². The molecule has 0 fully saturated rings. The zero-order valence-corrected chi connectivity index (χ0v) is 8.80. The Morgan fingerprint density at radius 2 is 1.00 bits per heavy atom. The van der Waals surface area contributed by atoms with Crippen LogP contribution in [0.25, 0.3) is 0 Å². The molecule has 0 aliphatic rings. The molecule has 0 aliphatic carbocycles. The third kappa shape index (κ3) is 32.3. The Morgan fingerprint density at radius 3 is 1.00 bits per heavy atom. The maximum atomic E-state index is 3.38. The van der Waals surface area contributed by atoms with Crippen molar-refractivity contribution in [2.45, 2.75) is 6.42 Å². The molecule has 0 atom stereocenters. The van der Waals surface area contributed by atoms with E-state index in [2.05, 4.69) is 13.8 Å². The molecule has 0 heterocycles. The monoisotopic (exact) mass is 410 g/mol. The van der Waals surface area contributed by atoms with Crippen LogP contribution in [0.15, 0.2) is 0 Å². The van der Waals surface area contributed by atoms with Crippen molar-refractivity contribution in [2.75, 3.05) is 0 Å². The summed E-state index contributed by atoms with van der Waals surface area (Å²) in [5.41, 5.74) is 0. The fraction of sp³-hybridized carbons (Fsp3) is 0.333. The van der Waals surface area contributed by atoms with Crippen LogP contribution in [-0.4, -0.2) is 0 Å². The van der Waals surface area contributed by atoms with Gasteiger partial charge in [0.05, 0.1) is 0 Å². The average molecular weight is 410 g/mol. The van der Waals surface area contributed by atoms with E-state index in [0.29, 0.717) is 0 Å². The summed E-state index contributed by atoms with van der Waals surface area (Å²) in [6, 6.07) is 0. The summed E-state index contributed by atoms with van der Waals surface area (Å²) in [6.45, 7) is 6.75. The second-order valence-corrected chi connectivity index (χ2v) is 0.354. The van der Waals surface area contributed by atoms with Crippen molar-refractivity contribution in [1.82, 2.24) is 0 Å². The molecule has 0 unspecified atom stereocenters. The molecule has 0 saturated heterocycles. The third-order valence-corrected chi connectivity index (χ3v) is 0. The molecular weight excluding hydrogens is 404 g/mol. The first kappa shape index (κ1) is 16.2. The minimum Gasteiger partial charge on any atom is -0.372 e. The Bertz CT molecular complexity index is 4.85. The summed E-state index contributed by atoms with van der Waals surface area (Å²) in [6.07, 6.45) is 0.750. The molecular formula is C3H6W2-2. The van der Waals surface area contributed by atoms with Crippen LogP contribution < -0.4 is 0 Å². The Kier molecular flexibility index (Phi) is 59.0. The standard InChI is InChI=1S/C3H6.2W/c1-3-2;;/h1-3H2;;/q-2;;. The molecule has 2 heteroatoms. The van der Waals surface area contributed by atoms with E-state index >= 15 is 0 Å². The Balaban J connectivity index is -0.0000000200. The molecule has 0 N–H and O–H groups in total. The van der Waals surface area contributed by atoms with Crippen LogP contribution >= 0.6 is 0 Å². The van der Waals surface area contributed by atoms with Gasteiger partial charge in [0.15, 0.2) is 0 Å². The first-order valence-electron chi connectivity index (χ1n) is 1.000. The molecule has 0 aromatic rings. The molecule has 5 heavy (non-hydrogen) atoms. The van der Waals surface area contributed by atoms with E-state index in [1.54, 1.807) is 0 Å². The summed E-state index contributed by atoms with van der Waals surface area (Å²) < 4.78 is 0.